The lowest BCUT2D eigenvalue weighted by Gasteiger charge is -2.34. The van der Waals surface area contributed by atoms with Gasteiger partial charge in [0.1, 0.15) is 0 Å². The fourth-order valence-corrected chi connectivity index (χ4v) is 2.78. The topological polar surface area (TPSA) is 83.4 Å². The third kappa shape index (κ3) is 3.01. The molecule has 0 spiro atoms. The summed E-state index contributed by atoms with van der Waals surface area (Å²) < 4.78 is 16.4. The summed E-state index contributed by atoms with van der Waals surface area (Å²) in [6.07, 6.45) is 3.72. The second-order valence-corrected chi connectivity index (χ2v) is 6.18. The van der Waals surface area contributed by atoms with Crippen LogP contribution >= 0.6 is 11.6 Å². The molecule has 23 heavy (non-hydrogen) atoms. The maximum atomic E-state index is 6.31. The standard InChI is InChI=1S/C16H20ClN3O3/c1-3-7-22-13-11(17)8-10(9-12(13)21-2)14-19-15(20-23-14)16(18)5-4-6-16/h8-9H,3-7,18H2,1-2H3. The zero-order valence-electron chi connectivity index (χ0n) is 13.3. The van der Waals surface area contributed by atoms with Gasteiger partial charge in [-0.15, -0.1) is 0 Å². The first-order chi connectivity index (χ1) is 11.1. The third-order valence-corrected chi connectivity index (χ3v) is 4.32. The first-order valence-corrected chi connectivity index (χ1v) is 8.09. The van der Waals surface area contributed by atoms with E-state index in [1.54, 1.807) is 19.2 Å². The number of ether oxygens (including phenoxy) is 2. The van der Waals surface area contributed by atoms with Crippen molar-refractivity contribution in [3.05, 3.63) is 23.0 Å². The van der Waals surface area contributed by atoms with Crippen molar-refractivity contribution >= 4 is 11.6 Å². The Morgan fingerprint density at radius 2 is 2.17 bits per heavy atom. The van der Waals surface area contributed by atoms with E-state index in [1.807, 2.05) is 6.92 Å². The second-order valence-electron chi connectivity index (χ2n) is 5.77. The molecule has 1 aromatic carbocycles. The van der Waals surface area contributed by atoms with Crippen LogP contribution in [0.1, 0.15) is 38.4 Å². The van der Waals surface area contributed by atoms with Gasteiger partial charge in [0.2, 0.25) is 0 Å². The van der Waals surface area contributed by atoms with Gasteiger partial charge in [-0.05, 0) is 37.8 Å². The van der Waals surface area contributed by atoms with Gasteiger partial charge in [0.05, 0.1) is 24.3 Å². The minimum Gasteiger partial charge on any atom is -0.493 e. The van der Waals surface area contributed by atoms with E-state index in [4.69, 9.17) is 31.3 Å². The first-order valence-electron chi connectivity index (χ1n) is 7.71. The second kappa shape index (κ2) is 6.37. The molecule has 7 heteroatoms. The molecular formula is C16H20ClN3O3. The number of hydrogen-bond donors (Lipinski definition) is 1. The van der Waals surface area contributed by atoms with Gasteiger partial charge >= 0.3 is 0 Å². The molecule has 1 aliphatic carbocycles. The average Bonchev–Trinajstić information content (AvgIpc) is 3.01. The van der Waals surface area contributed by atoms with Crippen LogP contribution < -0.4 is 15.2 Å². The Morgan fingerprint density at radius 1 is 1.39 bits per heavy atom. The van der Waals surface area contributed by atoms with Crippen LogP contribution in [-0.2, 0) is 5.54 Å². The van der Waals surface area contributed by atoms with Crippen LogP contribution in [0.4, 0.5) is 0 Å². The summed E-state index contributed by atoms with van der Waals surface area (Å²) in [5.74, 6) is 1.97. The number of benzene rings is 1. The van der Waals surface area contributed by atoms with E-state index in [9.17, 15) is 0 Å². The molecule has 1 heterocycles. The minimum absolute atomic E-state index is 0.374. The van der Waals surface area contributed by atoms with Crippen LogP contribution in [0.3, 0.4) is 0 Å². The van der Waals surface area contributed by atoms with Gasteiger partial charge in [0.25, 0.3) is 5.89 Å². The molecule has 6 nitrogen and oxygen atoms in total. The molecule has 0 aliphatic heterocycles. The molecule has 0 atom stereocenters. The molecule has 0 radical (unpaired) electrons. The van der Waals surface area contributed by atoms with Crippen LogP contribution in [0.15, 0.2) is 16.7 Å². The van der Waals surface area contributed by atoms with Gasteiger partial charge in [-0.25, -0.2) is 0 Å². The number of methoxy groups -OCH3 is 1. The molecule has 1 fully saturated rings. The molecule has 0 bridgehead atoms. The van der Waals surface area contributed by atoms with Crippen molar-refractivity contribution in [3.63, 3.8) is 0 Å². The molecule has 3 rings (SSSR count). The molecule has 2 N–H and O–H groups in total. The van der Waals surface area contributed by atoms with Crippen LogP contribution in [0.5, 0.6) is 11.5 Å². The van der Waals surface area contributed by atoms with Gasteiger partial charge in [-0.1, -0.05) is 23.7 Å². The predicted octanol–water partition coefficient (Wildman–Crippen LogP) is 3.53. The predicted molar refractivity (Wildman–Crippen MR) is 86.8 cm³/mol. The summed E-state index contributed by atoms with van der Waals surface area (Å²) in [6, 6.07) is 3.51. The van der Waals surface area contributed by atoms with Crippen molar-refractivity contribution in [1.29, 1.82) is 0 Å². The molecule has 0 saturated heterocycles. The Balaban J connectivity index is 1.92. The van der Waals surface area contributed by atoms with Crippen molar-refractivity contribution < 1.29 is 14.0 Å². The highest BCUT2D eigenvalue weighted by Gasteiger charge is 2.39. The van der Waals surface area contributed by atoms with Gasteiger partial charge in [-0.3, -0.25) is 0 Å². The summed E-state index contributed by atoms with van der Waals surface area (Å²) in [5, 5.41) is 4.46. The van der Waals surface area contributed by atoms with Crippen molar-refractivity contribution in [3.8, 4) is 23.0 Å². The molecule has 0 amide bonds. The Morgan fingerprint density at radius 3 is 2.78 bits per heavy atom. The summed E-state index contributed by atoms with van der Waals surface area (Å²) in [5.41, 5.74) is 6.44. The lowest BCUT2D eigenvalue weighted by Crippen LogP contribution is -2.44. The van der Waals surface area contributed by atoms with E-state index in [2.05, 4.69) is 10.1 Å². The molecular weight excluding hydrogens is 318 g/mol. The molecule has 1 aromatic heterocycles. The number of rotatable bonds is 6. The minimum atomic E-state index is -0.459. The highest BCUT2D eigenvalue weighted by molar-refractivity contribution is 6.32. The molecule has 1 saturated carbocycles. The monoisotopic (exact) mass is 337 g/mol. The van der Waals surface area contributed by atoms with Crippen LogP contribution in [0.2, 0.25) is 5.02 Å². The zero-order valence-corrected chi connectivity index (χ0v) is 14.0. The van der Waals surface area contributed by atoms with E-state index in [1.165, 1.54) is 0 Å². The van der Waals surface area contributed by atoms with Crippen LogP contribution in [0.25, 0.3) is 11.5 Å². The van der Waals surface area contributed by atoms with Gasteiger partial charge in [-0.2, -0.15) is 4.98 Å². The smallest absolute Gasteiger partial charge is 0.258 e. The number of aromatic nitrogens is 2. The SMILES string of the molecule is CCCOc1c(Cl)cc(-c2nc(C3(N)CCC3)no2)cc1OC. The van der Waals surface area contributed by atoms with Crippen LogP contribution in [0, 0.1) is 0 Å². The number of halogens is 1. The molecule has 124 valence electrons. The van der Waals surface area contributed by atoms with E-state index in [0.717, 1.165) is 25.7 Å². The van der Waals surface area contributed by atoms with Gasteiger partial charge in [0, 0.05) is 5.56 Å². The number of nitrogens with two attached hydrogens (primary N) is 1. The van der Waals surface area contributed by atoms with E-state index in [-0.39, 0.29) is 0 Å². The highest BCUT2D eigenvalue weighted by atomic mass is 35.5. The van der Waals surface area contributed by atoms with Crippen LogP contribution in [-0.4, -0.2) is 23.9 Å². The Kier molecular flexibility index (Phi) is 4.46. The maximum Gasteiger partial charge on any atom is 0.258 e. The van der Waals surface area contributed by atoms with Crippen molar-refractivity contribution in [2.45, 2.75) is 38.1 Å². The summed E-state index contributed by atoms with van der Waals surface area (Å²) in [4.78, 5) is 4.42. The number of hydrogen-bond acceptors (Lipinski definition) is 6. The van der Waals surface area contributed by atoms with E-state index < -0.39 is 5.54 Å². The molecule has 0 unspecified atom stereocenters. The Labute approximate surface area is 139 Å². The van der Waals surface area contributed by atoms with Crippen molar-refractivity contribution in [2.24, 2.45) is 5.73 Å². The number of nitrogens with zero attached hydrogens (tertiary/aromatic N) is 2. The summed E-state index contributed by atoms with van der Waals surface area (Å²) in [7, 11) is 1.57. The normalized spacial score (nSPS) is 16.0. The molecule has 2 aromatic rings. The van der Waals surface area contributed by atoms with Crippen molar-refractivity contribution in [2.75, 3.05) is 13.7 Å². The van der Waals surface area contributed by atoms with Gasteiger partial charge in [0.15, 0.2) is 17.3 Å². The Hall–Kier alpha value is -1.79. The lowest BCUT2D eigenvalue weighted by atomic mass is 9.77. The largest absolute Gasteiger partial charge is 0.493 e. The summed E-state index contributed by atoms with van der Waals surface area (Å²) >= 11 is 6.31. The van der Waals surface area contributed by atoms with E-state index >= 15 is 0 Å². The molecule has 1 aliphatic rings. The average molecular weight is 338 g/mol. The van der Waals surface area contributed by atoms with E-state index in [0.29, 0.717) is 40.4 Å². The third-order valence-electron chi connectivity index (χ3n) is 4.04. The first kappa shape index (κ1) is 16.1. The van der Waals surface area contributed by atoms with Crippen molar-refractivity contribution in [1.82, 2.24) is 10.1 Å². The fourth-order valence-electron chi connectivity index (χ4n) is 2.51. The maximum absolute atomic E-state index is 6.31. The Bertz CT molecular complexity index is 698. The lowest BCUT2D eigenvalue weighted by molar-refractivity contribution is 0.229. The zero-order chi connectivity index (χ0) is 16.4. The fraction of sp³-hybridized carbons (Fsp3) is 0.500. The summed E-state index contributed by atoms with van der Waals surface area (Å²) in [6.45, 7) is 2.59. The highest BCUT2D eigenvalue weighted by Crippen LogP contribution is 2.41. The van der Waals surface area contributed by atoms with Gasteiger partial charge < -0.3 is 19.7 Å². The quantitative estimate of drug-likeness (QED) is 0.868.